The van der Waals surface area contributed by atoms with Gasteiger partial charge in [-0.1, -0.05) is 32.4 Å². The van der Waals surface area contributed by atoms with Crippen LogP contribution in [0.25, 0.3) is 0 Å². The molecule has 1 saturated carbocycles. The first-order chi connectivity index (χ1) is 7.49. The Morgan fingerprint density at radius 1 is 1.31 bits per heavy atom. The summed E-state index contributed by atoms with van der Waals surface area (Å²) in [4.78, 5) is 0. The van der Waals surface area contributed by atoms with Crippen LogP contribution in [-0.2, 0) is 0 Å². The van der Waals surface area contributed by atoms with Crippen molar-refractivity contribution in [1.29, 1.82) is 0 Å². The predicted molar refractivity (Wildman–Crippen MR) is 72.5 cm³/mol. The number of hydrogen-bond donors (Lipinski definition) is 1. The van der Waals surface area contributed by atoms with Crippen molar-refractivity contribution < 1.29 is 0 Å². The molecule has 0 aromatic heterocycles. The van der Waals surface area contributed by atoms with Crippen molar-refractivity contribution in [1.82, 2.24) is 5.32 Å². The Labute approximate surface area is 101 Å². The Kier molecular flexibility index (Phi) is 4.79. The highest BCUT2D eigenvalue weighted by Gasteiger charge is 2.34. The highest BCUT2D eigenvalue weighted by molar-refractivity contribution is 5.47. The monoisotopic (exact) mass is 221 g/mol. The molecule has 0 radical (unpaired) electrons. The van der Waals surface area contributed by atoms with Gasteiger partial charge in [0.2, 0.25) is 0 Å². The van der Waals surface area contributed by atoms with E-state index >= 15 is 0 Å². The van der Waals surface area contributed by atoms with E-state index in [4.69, 9.17) is 0 Å². The Morgan fingerprint density at radius 2 is 1.94 bits per heavy atom. The van der Waals surface area contributed by atoms with Gasteiger partial charge in [-0.05, 0) is 56.7 Å². The molecule has 0 aliphatic heterocycles. The summed E-state index contributed by atoms with van der Waals surface area (Å²) in [6, 6.07) is 0.596. The molecule has 92 valence electrons. The molecule has 1 aliphatic rings. The third kappa shape index (κ3) is 2.76. The number of hydrogen-bond acceptors (Lipinski definition) is 1. The van der Waals surface area contributed by atoms with Gasteiger partial charge < -0.3 is 5.32 Å². The van der Waals surface area contributed by atoms with Gasteiger partial charge in [0.05, 0.1) is 0 Å². The van der Waals surface area contributed by atoms with Gasteiger partial charge in [-0.15, -0.1) is 0 Å². The lowest BCUT2D eigenvalue weighted by Crippen LogP contribution is -2.30. The SMILES string of the molecule is CCNC(C)C/C=C1\C(=C(C)C)C(C)[C@H]1C. The second-order valence-corrected chi connectivity index (χ2v) is 5.34. The van der Waals surface area contributed by atoms with Crippen LogP contribution in [0.3, 0.4) is 0 Å². The molecule has 1 rings (SSSR count). The third-order valence-corrected chi connectivity index (χ3v) is 3.79. The van der Waals surface area contributed by atoms with E-state index in [-0.39, 0.29) is 0 Å². The Hall–Kier alpha value is -0.560. The van der Waals surface area contributed by atoms with E-state index in [1.165, 1.54) is 5.57 Å². The summed E-state index contributed by atoms with van der Waals surface area (Å²) in [6.07, 6.45) is 3.59. The predicted octanol–water partition coefficient (Wildman–Crippen LogP) is 3.92. The van der Waals surface area contributed by atoms with Crippen LogP contribution in [0.4, 0.5) is 0 Å². The first-order valence-electron chi connectivity index (χ1n) is 6.60. The third-order valence-electron chi connectivity index (χ3n) is 3.79. The summed E-state index contributed by atoms with van der Waals surface area (Å²) < 4.78 is 0. The second-order valence-electron chi connectivity index (χ2n) is 5.34. The van der Waals surface area contributed by atoms with Crippen molar-refractivity contribution >= 4 is 0 Å². The summed E-state index contributed by atoms with van der Waals surface area (Å²) in [5.41, 5.74) is 4.70. The minimum absolute atomic E-state index is 0.596. The first-order valence-corrected chi connectivity index (χ1v) is 6.60. The van der Waals surface area contributed by atoms with Crippen LogP contribution in [0.15, 0.2) is 22.8 Å². The van der Waals surface area contributed by atoms with E-state index in [0.717, 1.165) is 24.8 Å². The number of rotatable bonds is 4. The molecule has 0 heterocycles. The molecule has 1 N–H and O–H groups in total. The van der Waals surface area contributed by atoms with Gasteiger partial charge in [-0.2, -0.15) is 0 Å². The largest absolute Gasteiger partial charge is 0.314 e. The summed E-state index contributed by atoms with van der Waals surface area (Å²) in [5.74, 6) is 1.50. The van der Waals surface area contributed by atoms with Gasteiger partial charge in [0.1, 0.15) is 0 Å². The zero-order valence-electron chi connectivity index (χ0n) is 11.7. The highest BCUT2D eigenvalue weighted by atomic mass is 14.9. The number of nitrogens with one attached hydrogen (secondary N) is 1. The molecule has 2 unspecified atom stereocenters. The van der Waals surface area contributed by atoms with E-state index in [2.05, 4.69) is 52.9 Å². The molecule has 0 aromatic rings. The second kappa shape index (κ2) is 5.67. The van der Waals surface area contributed by atoms with Crippen molar-refractivity contribution in [2.75, 3.05) is 6.54 Å². The van der Waals surface area contributed by atoms with Crippen molar-refractivity contribution in [2.24, 2.45) is 11.8 Å². The first kappa shape index (κ1) is 13.5. The maximum atomic E-state index is 3.46. The van der Waals surface area contributed by atoms with E-state index < -0.39 is 0 Å². The molecule has 0 spiro atoms. The quantitative estimate of drug-likeness (QED) is 0.758. The summed E-state index contributed by atoms with van der Waals surface area (Å²) in [5, 5.41) is 3.46. The van der Waals surface area contributed by atoms with Gasteiger partial charge in [0, 0.05) is 6.04 Å². The van der Waals surface area contributed by atoms with Gasteiger partial charge in [-0.25, -0.2) is 0 Å². The minimum atomic E-state index is 0.596. The van der Waals surface area contributed by atoms with Crippen molar-refractivity contribution in [2.45, 2.75) is 54.0 Å². The molecular weight excluding hydrogens is 194 g/mol. The molecule has 1 fully saturated rings. The minimum Gasteiger partial charge on any atom is -0.314 e. The lowest BCUT2D eigenvalue weighted by atomic mass is 9.65. The topological polar surface area (TPSA) is 12.0 Å². The van der Waals surface area contributed by atoms with Crippen LogP contribution >= 0.6 is 0 Å². The van der Waals surface area contributed by atoms with Crippen molar-refractivity contribution in [3.8, 4) is 0 Å². The van der Waals surface area contributed by atoms with Crippen molar-refractivity contribution in [3.63, 3.8) is 0 Å². The van der Waals surface area contributed by atoms with Crippen LogP contribution in [0.5, 0.6) is 0 Å². The van der Waals surface area contributed by atoms with Crippen molar-refractivity contribution in [3.05, 3.63) is 22.8 Å². The zero-order valence-corrected chi connectivity index (χ0v) is 11.7. The Bertz CT molecular complexity index is 295. The van der Waals surface area contributed by atoms with Gasteiger partial charge >= 0.3 is 0 Å². The standard InChI is InChI=1S/C15H27N/c1-7-16-11(4)8-9-14-12(5)13(6)15(14)10(2)3/h9,11-13,16H,7-8H2,1-6H3/b14-9-/t11?,12-,13?/m1/s1. The maximum Gasteiger partial charge on any atom is 0.00733 e. The fourth-order valence-corrected chi connectivity index (χ4v) is 2.71. The lowest BCUT2D eigenvalue weighted by molar-refractivity contribution is 0.418. The molecule has 3 atom stereocenters. The van der Waals surface area contributed by atoms with E-state index in [1.54, 1.807) is 11.1 Å². The average molecular weight is 221 g/mol. The normalized spacial score (nSPS) is 29.1. The van der Waals surface area contributed by atoms with Crippen LogP contribution in [0.2, 0.25) is 0 Å². The lowest BCUT2D eigenvalue weighted by Gasteiger charge is -2.40. The summed E-state index contributed by atoms with van der Waals surface area (Å²) >= 11 is 0. The Balaban J connectivity index is 2.66. The van der Waals surface area contributed by atoms with Gasteiger partial charge in [-0.3, -0.25) is 0 Å². The molecule has 1 nitrogen and oxygen atoms in total. The van der Waals surface area contributed by atoms with E-state index in [9.17, 15) is 0 Å². The van der Waals surface area contributed by atoms with Gasteiger partial charge in [0.25, 0.3) is 0 Å². The smallest absolute Gasteiger partial charge is 0.00733 e. The molecule has 0 bridgehead atoms. The molecular formula is C15H27N. The molecule has 1 heteroatoms. The summed E-state index contributed by atoms with van der Waals surface area (Å²) in [6.45, 7) is 14.7. The Morgan fingerprint density at radius 3 is 2.44 bits per heavy atom. The molecule has 0 aromatic carbocycles. The van der Waals surface area contributed by atoms with E-state index in [1.807, 2.05) is 0 Å². The molecule has 16 heavy (non-hydrogen) atoms. The van der Waals surface area contributed by atoms with E-state index in [0.29, 0.717) is 6.04 Å². The fraction of sp³-hybridized carbons (Fsp3) is 0.733. The molecule has 0 saturated heterocycles. The van der Waals surface area contributed by atoms with Crippen LogP contribution in [0, 0.1) is 11.8 Å². The average Bonchev–Trinajstić information content (AvgIpc) is 2.22. The molecule has 0 amide bonds. The van der Waals surface area contributed by atoms with Crippen LogP contribution < -0.4 is 5.32 Å². The fourth-order valence-electron chi connectivity index (χ4n) is 2.71. The summed E-state index contributed by atoms with van der Waals surface area (Å²) in [7, 11) is 0. The van der Waals surface area contributed by atoms with Crippen LogP contribution in [0.1, 0.15) is 48.0 Å². The maximum absolute atomic E-state index is 3.46. The number of allylic oxidation sites excluding steroid dienone is 3. The zero-order chi connectivity index (χ0) is 12.3. The van der Waals surface area contributed by atoms with Crippen LogP contribution in [-0.4, -0.2) is 12.6 Å². The van der Waals surface area contributed by atoms with Gasteiger partial charge in [0.15, 0.2) is 0 Å². The molecule has 1 aliphatic carbocycles. The highest BCUT2D eigenvalue weighted by Crippen LogP contribution is 2.46.